The molecule has 0 aliphatic rings. The van der Waals surface area contributed by atoms with Crippen LogP contribution in [0.15, 0.2) is 51.8 Å². The molecule has 154 valence electrons. The van der Waals surface area contributed by atoms with E-state index in [0.717, 1.165) is 33.9 Å². The molecule has 29 heavy (non-hydrogen) atoms. The Labute approximate surface area is 183 Å². The summed E-state index contributed by atoms with van der Waals surface area (Å²) in [6, 6.07) is 11.9. The summed E-state index contributed by atoms with van der Waals surface area (Å²) < 4.78 is 25.3. The SMILES string of the molecule is CN(C)CCCN(C(=O)c1ccc(S(C)(=O)=O)cc1)c1nc2ccc(Br)cc2s1. The summed E-state index contributed by atoms with van der Waals surface area (Å²) in [4.78, 5) is 21.8. The first-order chi connectivity index (χ1) is 13.6. The van der Waals surface area contributed by atoms with Gasteiger partial charge in [0, 0.05) is 22.8 Å². The number of halogens is 1. The van der Waals surface area contributed by atoms with Crippen molar-refractivity contribution in [1.29, 1.82) is 0 Å². The molecule has 0 bridgehead atoms. The third-order valence-electron chi connectivity index (χ3n) is 4.33. The van der Waals surface area contributed by atoms with E-state index in [1.807, 2.05) is 32.3 Å². The van der Waals surface area contributed by atoms with Gasteiger partial charge in [0.15, 0.2) is 15.0 Å². The predicted octanol–water partition coefficient (Wildman–Crippen LogP) is 4.06. The summed E-state index contributed by atoms with van der Waals surface area (Å²) in [7, 11) is 0.675. The van der Waals surface area contributed by atoms with Crippen LogP contribution in [0.4, 0.5) is 5.13 Å². The van der Waals surface area contributed by atoms with Crippen molar-refractivity contribution in [3.05, 3.63) is 52.5 Å². The van der Waals surface area contributed by atoms with Gasteiger partial charge in [0.2, 0.25) is 0 Å². The van der Waals surface area contributed by atoms with Crippen LogP contribution in [0.2, 0.25) is 0 Å². The van der Waals surface area contributed by atoms with Gasteiger partial charge in [0.05, 0.1) is 15.1 Å². The molecule has 6 nitrogen and oxygen atoms in total. The van der Waals surface area contributed by atoms with E-state index in [2.05, 4.69) is 25.8 Å². The lowest BCUT2D eigenvalue weighted by molar-refractivity contribution is 0.0986. The second-order valence-corrected chi connectivity index (χ2v) is 11.0. The van der Waals surface area contributed by atoms with Crippen molar-refractivity contribution < 1.29 is 13.2 Å². The van der Waals surface area contributed by atoms with Crippen molar-refractivity contribution in [3.8, 4) is 0 Å². The molecular weight excluding hydrogens is 474 g/mol. The number of hydrogen-bond acceptors (Lipinski definition) is 6. The monoisotopic (exact) mass is 495 g/mol. The first-order valence-corrected chi connectivity index (χ1v) is 12.5. The van der Waals surface area contributed by atoms with Gasteiger partial charge in [-0.2, -0.15) is 0 Å². The van der Waals surface area contributed by atoms with Gasteiger partial charge in [-0.1, -0.05) is 27.3 Å². The molecule has 0 saturated carbocycles. The Hall–Kier alpha value is -1.81. The van der Waals surface area contributed by atoms with Crippen LogP contribution < -0.4 is 4.90 Å². The van der Waals surface area contributed by atoms with Crippen molar-refractivity contribution >= 4 is 58.4 Å². The average Bonchev–Trinajstić information content (AvgIpc) is 3.06. The van der Waals surface area contributed by atoms with E-state index in [1.54, 1.807) is 17.0 Å². The third kappa shape index (κ3) is 5.42. The molecule has 0 unspecified atom stereocenters. The molecule has 9 heteroatoms. The highest BCUT2D eigenvalue weighted by Gasteiger charge is 2.22. The van der Waals surface area contributed by atoms with Crippen molar-refractivity contribution in [3.63, 3.8) is 0 Å². The number of benzene rings is 2. The van der Waals surface area contributed by atoms with E-state index in [-0.39, 0.29) is 10.8 Å². The molecule has 0 aliphatic heterocycles. The van der Waals surface area contributed by atoms with E-state index < -0.39 is 9.84 Å². The molecule has 1 heterocycles. The highest BCUT2D eigenvalue weighted by atomic mass is 79.9. The van der Waals surface area contributed by atoms with E-state index in [0.29, 0.717) is 17.2 Å². The zero-order chi connectivity index (χ0) is 21.2. The smallest absolute Gasteiger partial charge is 0.260 e. The number of aromatic nitrogens is 1. The predicted molar refractivity (Wildman–Crippen MR) is 122 cm³/mol. The van der Waals surface area contributed by atoms with Crippen LogP contribution in [0.3, 0.4) is 0 Å². The molecule has 3 rings (SSSR count). The minimum Gasteiger partial charge on any atom is -0.309 e. The van der Waals surface area contributed by atoms with Gasteiger partial charge in [0.1, 0.15) is 0 Å². The van der Waals surface area contributed by atoms with Crippen LogP contribution in [-0.4, -0.2) is 57.6 Å². The average molecular weight is 496 g/mol. The minimum absolute atomic E-state index is 0.193. The largest absolute Gasteiger partial charge is 0.309 e. The first kappa shape index (κ1) is 21.9. The van der Waals surface area contributed by atoms with Gasteiger partial charge in [-0.25, -0.2) is 13.4 Å². The highest BCUT2D eigenvalue weighted by molar-refractivity contribution is 9.10. The molecule has 1 aromatic heterocycles. The Bertz CT molecular complexity index is 1130. The molecule has 0 N–H and O–H groups in total. The minimum atomic E-state index is -3.31. The quantitative estimate of drug-likeness (QED) is 0.494. The number of hydrogen-bond donors (Lipinski definition) is 0. The standard InChI is InChI=1S/C20H22BrN3O3S2/c1-23(2)11-4-12-24(20-22-17-10-7-15(21)13-18(17)28-20)19(25)14-5-8-16(9-6-14)29(3,26)27/h5-10,13H,4,11-12H2,1-3H3. The van der Waals surface area contributed by atoms with Gasteiger partial charge >= 0.3 is 0 Å². The maximum atomic E-state index is 13.2. The summed E-state index contributed by atoms with van der Waals surface area (Å²) >= 11 is 4.93. The van der Waals surface area contributed by atoms with E-state index >= 15 is 0 Å². The Kier molecular flexibility index (Phi) is 6.72. The molecule has 2 aromatic carbocycles. The number of rotatable bonds is 7. The fourth-order valence-corrected chi connectivity index (χ4v) is 5.00. The second-order valence-electron chi connectivity index (χ2n) is 7.02. The Morgan fingerprint density at radius 3 is 2.41 bits per heavy atom. The number of carbonyl (C=O) groups excluding carboxylic acids is 1. The van der Waals surface area contributed by atoms with Crippen LogP contribution >= 0.6 is 27.3 Å². The molecule has 1 amide bonds. The molecule has 0 fully saturated rings. The number of carbonyl (C=O) groups is 1. The third-order valence-corrected chi connectivity index (χ3v) is 6.99. The molecule has 0 radical (unpaired) electrons. The van der Waals surface area contributed by atoms with Gasteiger partial charge in [-0.05, 0) is 69.5 Å². The van der Waals surface area contributed by atoms with Crippen LogP contribution in [0, 0.1) is 0 Å². The number of fused-ring (bicyclic) bond motifs is 1. The van der Waals surface area contributed by atoms with Gasteiger partial charge < -0.3 is 4.90 Å². The van der Waals surface area contributed by atoms with Crippen LogP contribution in [0.1, 0.15) is 16.8 Å². The van der Waals surface area contributed by atoms with Crippen LogP contribution in [0.5, 0.6) is 0 Å². The first-order valence-electron chi connectivity index (χ1n) is 8.98. The highest BCUT2D eigenvalue weighted by Crippen LogP contribution is 2.32. The van der Waals surface area contributed by atoms with Crippen LogP contribution in [-0.2, 0) is 9.84 Å². The van der Waals surface area contributed by atoms with Crippen molar-refractivity contribution in [2.45, 2.75) is 11.3 Å². The van der Waals surface area contributed by atoms with Crippen molar-refractivity contribution in [2.24, 2.45) is 0 Å². The zero-order valence-electron chi connectivity index (χ0n) is 16.4. The number of thiazole rings is 1. The van der Waals surface area contributed by atoms with Gasteiger partial charge in [-0.15, -0.1) is 0 Å². The topological polar surface area (TPSA) is 70.6 Å². The van der Waals surface area contributed by atoms with Crippen LogP contribution in [0.25, 0.3) is 10.2 Å². The summed E-state index contributed by atoms with van der Waals surface area (Å²) in [6.45, 7) is 1.36. The van der Waals surface area contributed by atoms with Gasteiger partial charge in [-0.3, -0.25) is 9.69 Å². The Balaban J connectivity index is 1.94. The lowest BCUT2D eigenvalue weighted by Gasteiger charge is -2.21. The molecule has 3 aromatic rings. The molecule has 0 saturated heterocycles. The fourth-order valence-electron chi connectivity index (χ4n) is 2.83. The summed E-state index contributed by atoms with van der Waals surface area (Å²) in [5.74, 6) is -0.193. The molecule has 0 spiro atoms. The van der Waals surface area contributed by atoms with E-state index in [9.17, 15) is 13.2 Å². The lowest BCUT2D eigenvalue weighted by Crippen LogP contribution is -2.33. The molecular formula is C20H22BrN3O3S2. The Morgan fingerprint density at radius 1 is 1.10 bits per heavy atom. The van der Waals surface area contributed by atoms with Crippen molar-refractivity contribution in [2.75, 3.05) is 38.3 Å². The number of amides is 1. The normalized spacial score (nSPS) is 11.9. The number of sulfone groups is 1. The maximum Gasteiger partial charge on any atom is 0.260 e. The molecule has 0 aliphatic carbocycles. The van der Waals surface area contributed by atoms with Gasteiger partial charge in [0.25, 0.3) is 5.91 Å². The zero-order valence-corrected chi connectivity index (χ0v) is 19.6. The lowest BCUT2D eigenvalue weighted by atomic mass is 10.2. The maximum absolute atomic E-state index is 13.2. The fraction of sp³-hybridized carbons (Fsp3) is 0.300. The van der Waals surface area contributed by atoms with Crippen molar-refractivity contribution in [1.82, 2.24) is 9.88 Å². The summed E-state index contributed by atoms with van der Waals surface area (Å²) in [6.07, 6.45) is 1.94. The number of anilines is 1. The summed E-state index contributed by atoms with van der Waals surface area (Å²) in [5, 5.41) is 0.633. The second kappa shape index (κ2) is 8.91. The molecule has 0 atom stereocenters. The number of nitrogens with zero attached hydrogens (tertiary/aromatic N) is 3. The van der Waals surface area contributed by atoms with E-state index in [1.165, 1.54) is 23.5 Å². The summed E-state index contributed by atoms with van der Waals surface area (Å²) in [5.41, 5.74) is 1.27. The van der Waals surface area contributed by atoms with E-state index in [4.69, 9.17) is 0 Å². The Morgan fingerprint density at radius 2 is 1.79 bits per heavy atom.